The van der Waals surface area contributed by atoms with Crippen LogP contribution in [0.4, 0.5) is 5.69 Å². The minimum Gasteiger partial charge on any atom is -0.550 e. The number of benzene rings is 1. The zero-order valence-electron chi connectivity index (χ0n) is 15.0. The Balaban J connectivity index is 2.11. The van der Waals surface area contributed by atoms with Gasteiger partial charge >= 0.3 is 0 Å². The van der Waals surface area contributed by atoms with E-state index in [1.807, 2.05) is 44.2 Å². The molecule has 2 rings (SSSR count). The summed E-state index contributed by atoms with van der Waals surface area (Å²) in [6.45, 7) is 3.81. The number of carbonyl (C=O) groups is 2. The molecule has 1 amide bonds. The molecule has 1 heterocycles. The highest BCUT2D eigenvalue weighted by Crippen LogP contribution is 2.20. The Morgan fingerprint density at radius 2 is 1.93 bits per heavy atom. The van der Waals surface area contributed by atoms with Gasteiger partial charge in [-0.3, -0.25) is 9.59 Å². The van der Waals surface area contributed by atoms with E-state index in [1.165, 1.54) is 0 Å². The van der Waals surface area contributed by atoms with Crippen molar-refractivity contribution in [3.8, 4) is 0 Å². The zero-order valence-corrected chi connectivity index (χ0v) is 15.8. The van der Waals surface area contributed by atoms with E-state index in [-0.39, 0.29) is 41.4 Å². The molecule has 0 aliphatic heterocycles. The van der Waals surface area contributed by atoms with E-state index in [0.717, 1.165) is 22.1 Å². The Morgan fingerprint density at radius 3 is 2.52 bits per heavy atom. The molecule has 0 spiro atoms. The molecule has 9 nitrogen and oxygen atoms in total. The van der Waals surface area contributed by atoms with Gasteiger partial charge in [-0.2, -0.15) is 4.68 Å². The van der Waals surface area contributed by atoms with Crippen molar-refractivity contribution in [2.24, 2.45) is 0 Å². The third-order valence-corrected chi connectivity index (χ3v) is 4.57. The van der Waals surface area contributed by atoms with Crippen molar-refractivity contribution >= 4 is 29.3 Å². The number of aromatic nitrogens is 3. The maximum absolute atomic E-state index is 12.7. The van der Waals surface area contributed by atoms with Gasteiger partial charge in [0.1, 0.15) is 5.69 Å². The molecule has 0 unspecified atom stereocenters. The number of hydrogen-bond donors (Lipinski definition) is 1. The minimum absolute atomic E-state index is 0.0107. The first-order valence-corrected chi connectivity index (χ1v) is 9.23. The number of nitrogens with two attached hydrogens (primary N) is 1. The lowest BCUT2D eigenvalue weighted by Crippen LogP contribution is -2.39. The average molecular weight is 390 g/mol. The van der Waals surface area contributed by atoms with Crippen molar-refractivity contribution in [2.75, 3.05) is 16.5 Å². The van der Waals surface area contributed by atoms with Gasteiger partial charge in [0, 0.05) is 24.1 Å². The predicted molar refractivity (Wildman–Crippen MR) is 99.6 cm³/mol. The summed E-state index contributed by atoms with van der Waals surface area (Å²) in [5.74, 6) is 4.26. The second kappa shape index (κ2) is 9.17. The Kier molecular flexibility index (Phi) is 6.94. The second-order valence-corrected chi connectivity index (χ2v) is 6.90. The largest absolute Gasteiger partial charge is 0.550 e. The summed E-state index contributed by atoms with van der Waals surface area (Å²) < 4.78 is 0.776. The van der Waals surface area contributed by atoms with Crippen LogP contribution in [0.15, 0.2) is 40.3 Å². The lowest BCUT2D eigenvalue weighted by atomic mass is 10.2. The average Bonchev–Trinajstić information content (AvgIpc) is 2.62. The number of thioether (sulfide) groups is 1. The number of carbonyl (C=O) groups excluding carboxylic acids is 2. The maximum Gasteiger partial charge on any atom is 0.294 e. The first kappa shape index (κ1) is 20.4. The molecular weight excluding hydrogens is 370 g/mol. The normalized spacial score (nSPS) is 10.8. The van der Waals surface area contributed by atoms with Gasteiger partial charge in [0.15, 0.2) is 0 Å². The molecule has 0 bridgehead atoms. The van der Waals surface area contributed by atoms with E-state index in [2.05, 4.69) is 10.2 Å². The lowest BCUT2D eigenvalue weighted by Gasteiger charge is -2.26. The molecule has 10 heteroatoms. The van der Waals surface area contributed by atoms with Crippen LogP contribution in [0.25, 0.3) is 0 Å². The molecule has 0 aliphatic carbocycles. The summed E-state index contributed by atoms with van der Waals surface area (Å²) in [4.78, 5) is 36.9. The molecule has 0 fully saturated rings. The van der Waals surface area contributed by atoms with Crippen molar-refractivity contribution in [1.29, 1.82) is 0 Å². The molecule has 0 aliphatic rings. The molecule has 2 N–H and O–H groups in total. The van der Waals surface area contributed by atoms with E-state index in [1.54, 1.807) is 4.90 Å². The van der Waals surface area contributed by atoms with Crippen LogP contribution in [-0.4, -0.2) is 38.5 Å². The molecule has 1 aromatic carbocycles. The maximum atomic E-state index is 12.7. The van der Waals surface area contributed by atoms with Crippen LogP contribution in [0.3, 0.4) is 0 Å². The molecule has 0 saturated carbocycles. The fraction of sp³-hybridized carbons (Fsp3) is 0.353. The highest BCUT2D eigenvalue weighted by molar-refractivity contribution is 7.99. The number of para-hydroxylation sites is 1. The van der Waals surface area contributed by atoms with Gasteiger partial charge in [-0.1, -0.05) is 30.0 Å². The van der Waals surface area contributed by atoms with Crippen LogP contribution >= 0.6 is 11.8 Å². The number of rotatable bonds is 8. The summed E-state index contributed by atoms with van der Waals surface area (Å²) in [6.07, 6.45) is -0.473. The third kappa shape index (κ3) is 5.30. The van der Waals surface area contributed by atoms with E-state index in [9.17, 15) is 19.5 Å². The Bertz CT molecular complexity index is 869. The quantitative estimate of drug-likeness (QED) is 0.474. The smallest absolute Gasteiger partial charge is 0.294 e. The van der Waals surface area contributed by atoms with Crippen molar-refractivity contribution in [3.05, 3.63) is 46.4 Å². The highest BCUT2D eigenvalue weighted by atomic mass is 32.2. The molecule has 1 aromatic heterocycles. The Morgan fingerprint density at radius 1 is 1.26 bits per heavy atom. The number of aryl methyl sites for hydroxylation is 1. The molecule has 2 aromatic rings. The van der Waals surface area contributed by atoms with Crippen molar-refractivity contribution in [2.45, 2.75) is 37.9 Å². The summed E-state index contributed by atoms with van der Waals surface area (Å²) in [5, 5.41) is 18.1. The van der Waals surface area contributed by atoms with Crippen LogP contribution in [0.5, 0.6) is 0 Å². The van der Waals surface area contributed by atoms with Gasteiger partial charge in [-0.15, -0.1) is 10.2 Å². The number of anilines is 1. The van der Waals surface area contributed by atoms with Crippen LogP contribution in [0, 0.1) is 0 Å². The molecule has 0 atom stereocenters. The Hall–Kier alpha value is -2.88. The molecule has 0 radical (unpaired) electrons. The minimum atomic E-state index is -1.29. The fourth-order valence-corrected chi connectivity index (χ4v) is 3.12. The highest BCUT2D eigenvalue weighted by Gasteiger charge is 2.20. The summed E-state index contributed by atoms with van der Waals surface area (Å²) >= 11 is 0.987. The van der Waals surface area contributed by atoms with Crippen molar-refractivity contribution in [3.63, 3.8) is 0 Å². The van der Waals surface area contributed by atoms with Gasteiger partial charge in [0.2, 0.25) is 11.1 Å². The molecule has 144 valence electrons. The summed E-state index contributed by atoms with van der Waals surface area (Å²) in [5.41, 5.74) is 0.0578. The number of carboxylic acid groups (broad SMARTS) is 1. The number of aliphatic carboxylic acids is 1. The number of nitrogens with zero attached hydrogens (tertiary/aromatic N) is 4. The standard InChI is InChI=1S/C17H21N5O4S/c1-11(2)21(12-6-4-3-5-7-12)14(23)10-27-17-20-19-13(8-9-15(24)25)16(26)22(17)18/h3-7,11H,8-10,18H2,1-2H3,(H,24,25)/p-1. The van der Waals surface area contributed by atoms with Gasteiger partial charge in [0.05, 0.1) is 5.75 Å². The zero-order chi connectivity index (χ0) is 20.0. The van der Waals surface area contributed by atoms with Gasteiger partial charge < -0.3 is 20.6 Å². The first-order valence-electron chi connectivity index (χ1n) is 8.24. The number of amides is 1. The lowest BCUT2D eigenvalue weighted by molar-refractivity contribution is -0.305. The van der Waals surface area contributed by atoms with Crippen molar-refractivity contribution < 1.29 is 14.7 Å². The SMILES string of the molecule is CC(C)N(C(=O)CSc1nnc(CCC(=O)[O-])c(=O)n1N)c1ccccc1. The monoisotopic (exact) mass is 390 g/mol. The van der Waals surface area contributed by atoms with Gasteiger partial charge in [-0.05, 0) is 32.4 Å². The molecular formula is C17H20N5O4S-. The van der Waals surface area contributed by atoms with E-state index < -0.39 is 11.5 Å². The summed E-state index contributed by atoms with van der Waals surface area (Å²) in [6, 6.07) is 9.18. The first-order chi connectivity index (χ1) is 12.8. The fourth-order valence-electron chi connectivity index (χ4n) is 2.41. The van der Waals surface area contributed by atoms with E-state index in [4.69, 9.17) is 5.84 Å². The van der Waals surface area contributed by atoms with Gasteiger partial charge in [0.25, 0.3) is 5.56 Å². The molecule has 27 heavy (non-hydrogen) atoms. The van der Waals surface area contributed by atoms with E-state index >= 15 is 0 Å². The van der Waals surface area contributed by atoms with Crippen LogP contribution in [0.2, 0.25) is 0 Å². The predicted octanol–water partition coefficient (Wildman–Crippen LogP) is -0.432. The number of nitrogen functional groups attached to an aromatic ring is 1. The molecule has 0 saturated heterocycles. The Labute approximate surface area is 160 Å². The number of carboxylic acids is 1. The third-order valence-electron chi connectivity index (χ3n) is 3.64. The topological polar surface area (TPSA) is 134 Å². The van der Waals surface area contributed by atoms with Crippen LogP contribution in [-0.2, 0) is 16.0 Å². The summed E-state index contributed by atoms with van der Waals surface area (Å²) in [7, 11) is 0. The van der Waals surface area contributed by atoms with Crippen molar-refractivity contribution in [1.82, 2.24) is 14.9 Å². The van der Waals surface area contributed by atoms with Crippen LogP contribution in [0.1, 0.15) is 26.0 Å². The van der Waals surface area contributed by atoms with Gasteiger partial charge in [-0.25, -0.2) is 0 Å². The number of hydrogen-bond acceptors (Lipinski definition) is 8. The second-order valence-electron chi connectivity index (χ2n) is 5.96. The van der Waals surface area contributed by atoms with E-state index in [0.29, 0.717) is 0 Å². The van der Waals surface area contributed by atoms with Crippen LogP contribution < -0.4 is 21.4 Å².